The smallest absolute Gasteiger partial charge is 0.0991 e. The van der Waals surface area contributed by atoms with Crippen LogP contribution in [-0.2, 0) is 6.42 Å². The van der Waals surface area contributed by atoms with Crippen LogP contribution >= 0.6 is 0 Å². The molecule has 158 valence electrons. The highest BCUT2D eigenvalue weighted by atomic mass is 14.4. The summed E-state index contributed by atoms with van der Waals surface area (Å²) in [5, 5.41) is 17.4. The summed E-state index contributed by atoms with van der Waals surface area (Å²) in [6.07, 6.45) is 24.2. The van der Waals surface area contributed by atoms with Crippen LogP contribution in [0.5, 0.6) is 0 Å². The first-order valence-corrected chi connectivity index (χ1v) is 12.0. The van der Waals surface area contributed by atoms with Gasteiger partial charge in [0.2, 0.25) is 0 Å². The first kappa shape index (κ1) is 22.4. The lowest BCUT2D eigenvalue weighted by molar-refractivity contribution is 0.151. The van der Waals surface area contributed by atoms with Crippen molar-refractivity contribution < 1.29 is 0 Å². The fraction of sp³-hybridized carbons (Fsp3) is 0.571. The molecule has 0 aromatic heterocycles. The number of hydrogen-bond acceptors (Lipinski definition) is 2. The first-order chi connectivity index (χ1) is 14.8. The van der Waals surface area contributed by atoms with Crippen LogP contribution in [0.3, 0.4) is 0 Å². The van der Waals surface area contributed by atoms with Gasteiger partial charge in [-0.05, 0) is 92.7 Å². The van der Waals surface area contributed by atoms with Gasteiger partial charge in [0, 0.05) is 6.08 Å². The Hall–Kier alpha value is -2.32. The standard InChI is InChI=1S/C28H36N2/c29-21-5-1-2-6-24-13-17-27(18-14-24)28-19-15-25(16-20-28)8-4-3-7-23-9-11-26(22-30)12-10-23/h1-2,5-6,9-12,24-25,27-28H,3-4,7-8,13-20H2/b5-1+,6-2+/t24?,25-,27?,28-. The van der Waals surface area contributed by atoms with Crippen molar-refractivity contribution >= 4 is 0 Å². The van der Waals surface area contributed by atoms with Gasteiger partial charge < -0.3 is 0 Å². The highest BCUT2D eigenvalue weighted by Crippen LogP contribution is 2.42. The Morgan fingerprint density at radius 3 is 2.10 bits per heavy atom. The zero-order chi connectivity index (χ0) is 21.0. The van der Waals surface area contributed by atoms with Crippen LogP contribution in [0.25, 0.3) is 0 Å². The van der Waals surface area contributed by atoms with E-state index in [1.807, 2.05) is 24.3 Å². The Bertz CT molecular complexity index is 758. The molecule has 0 atom stereocenters. The van der Waals surface area contributed by atoms with Crippen molar-refractivity contribution in [3.05, 3.63) is 59.7 Å². The third-order valence-corrected chi connectivity index (χ3v) is 7.45. The predicted molar refractivity (Wildman–Crippen MR) is 124 cm³/mol. The molecule has 0 bridgehead atoms. The summed E-state index contributed by atoms with van der Waals surface area (Å²) in [5.41, 5.74) is 2.12. The maximum Gasteiger partial charge on any atom is 0.0991 e. The second-order valence-corrected chi connectivity index (χ2v) is 9.38. The van der Waals surface area contributed by atoms with Gasteiger partial charge in [-0.3, -0.25) is 0 Å². The van der Waals surface area contributed by atoms with Gasteiger partial charge in [-0.25, -0.2) is 0 Å². The number of nitriles is 2. The molecule has 0 N–H and O–H groups in total. The molecule has 3 rings (SSSR count). The van der Waals surface area contributed by atoms with Crippen LogP contribution in [0, 0.1) is 46.3 Å². The van der Waals surface area contributed by atoms with Crippen LogP contribution in [0.4, 0.5) is 0 Å². The summed E-state index contributed by atoms with van der Waals surface area (Å²) < 4.78 is 0. The Kier molecular flexibility index (Phi) is 9.24. The Balaban J connectivity index is 1.28. The predicted octanol–water partition coefficient (Wildman–Crippen LogP) is 7.52. The van der Waals surface area contributed by atoms with E-state index in [1.54, 1.807) is 6.08 Å². The summed E-state index contributed by atoms with van der Waals surface area (Å²) in [4.78, 5) is 0. The molecule has 1 aromatic carbocycles. The van der Waals surface area contributed by atoms with Crippen LogP contribution in [-0.4, -0.2) is 0 Å². The third kappa shape index (κ3) is 7.18. The molecule has 2 heteroatoms. The first-order valence-electron chi connectivity index (χ1n) is 12.0. The number of hydrogen-bond donors (Lipinski definition) is 0. The number of aryl methyl sites for hydroxylation is 1. The molecular weight excluding hydrogens is 364 g/mol. The van der Waals surface area contributed by atoms with Gasteiger partial charge in [-0.15, -0.1) is 0 Å². The minimum atomic E-state index is 0.719. The van der Waals surface area contributed by atoms with E-state index in [4.69, 9.17) is 10.5 Å². The van der Waals surface area contributed by atoms with Gasteiger partial charge in [0.15, 0.2) is 0 Å². The van der Waals surface area contributed by atoms with Crippen molar-refractivity contribution in [3.8, 4) is 12.1 Å². The lowest BCUT2D eigenvalue weighted by Gasteiger charge is -2.37. The molecule has 0 spiro atoms. The molecule has 2 aliphatic rings. The van der Waals surface area contributed by atoms with Crippen LogP contribution in [0.15, 0.2) is 48.6 Å². The molecule has 2 fully saturated rings. The molecule has 0 radical (unpaired) electrons. The molecule has 1 aromatic rings. The molecule has 0 heterocycles. The monoisotopic (exact) mass is 400 g/mol. The largest absolute Gasteiger partial charge is 0.193 e. The summed E-state index contributed by atoms with van der Waals surface area (Å²) >= 11 is 0. The molecule has 0 amide bonds. The second-order valence-electron chi connectivity index (χ2n) is 9.38. The highest BCUT2D eigenvalue weighted by molar-refractivity contribution is 5.31. The molecular formula is C28H36N2. The lowest BCUT2D eigenvalue weighted by Crippen LogP contribution is -2.25. The fourth-order valence-corrected chi connectivity index (χ4v) is 5.59. The van der Waals surface area contributed by atoms with Gasteiger partial charge in [0.25, 0.3) is 0 Å². The second kappa shape index (κ2) is 12.4. The summed E-state index contributed by atoms with van der Waals surface area (Å²) in [6.45, 7) is 0. The Morgan fingerprint density at radius 1 is 0.800 bits per heavy atom. The fourth-order valence-electron chi connectivity index (χ4n) is 5.59. The summed E-state index contributed by atoms with van der Waals surface area (Å²) in [7, 11) is 0. The topological polar surface area (TPSA) is 47.6 Å². The molecule has 2 saturated carbocycles. The van der Waals surface area contributed by atoms with E-state index in [0.717, 1.165) is 35.7 Å². The Morgan fingerprint density at radius 2 is 1.47 bits per heavy atom. The van der Waals surface area contributed by atoms with E-state index >= 15 is 0 Å². The number of rotatable bonds is 8. The van der Waals surface area contributed by atoms with E-state index in [0.29, 0.717) is 0 Å². The van der Waals surface area contributed by atoms with Crippen molar-refractivity contribution in [1.82, 2.24) is 0 Å². The van der Waals surface area contributed by atoms with Crippen LogP contribution in [0.1, 0.15) is 81.8 Å². The number of unbranched alkanes of at least 4 members (excludes halogenated alkanes) is 1. The molecule has 2 nitrogen and oxygen atoms in total. The Labute approximate surface area is 183 Å². The highest BCUT2D eigenvalue weighted by Gasteiger charge is 2.30. The average Bonchev–Trinajstić information content (AvgIpc) is 2.81. The number of benzene rings is 1. The van der Waals surface area contributed by atoms with Gasteiger partial charge in [-0.2, -0.15) is 10.5 Å². The maximum absolute atomic E-state index is 8.88. The molecule has 0 unspecified atom stereocenters. The van der Waals surface area contributed by atoms with E-state index in [1.165, 1.54) is 76.2 Å². The van der Waals surface area contributed by atoms with E-state index in [9.17, 15) is 0 Å². The van der Waals surface area contributed by atoms with Crippen LogP contribution < -0.4 is 0 Å². The average molecular weight is 401 g/mol. The zero-order valence-corrected chi connectivity index (χ0v) is 18.3. The summed E-state index contributed by atoms with van der Waals surface area (Å²) in [6, 6.07) is 12.3. The van der Waals surface area contributed by atoms with Crippen molar-refractivity contribution in [3.63, 3.8) is 0 Å². The third-order valence-electron chi connectivity index (χ3n) is 7.45. The van der Waals surface area contributed by atoms with Crippen molar-refractivity contribution in [1.29, 1.82) is 10.5 Å². The molecule has 0 saturated heterocycles. The van der Waals surface area contributed by atoms with E-state index < -0.39 is 0 Å². The van der Waals surface area contributed by atoms with E-state index in [-0.39, 0.29) is 0 Å². The van der Waals surface area contributed by atoms with Gasteiger partial charge >= 0.3 is 0 Å². The van der Waals surface area contributed by atoms with Gasteiger partial charge in [0.05, 0.1) is 17.7 Å². The van der Waals surface area contributed by atoms with Crippen molar-refractivity contribution in [2.24, 2.45) is 23.7 Å². The lowest BCUT2D eigenvalue weighted by atomic mass is 9.68. The zero-order valence-electron chi connectivity index (χ0n) is 18.3. The quantitative estimate of drug-likeness (QED) is 0.257. The normalized spacial score (nSPS) is 27.1. The van der Waals surface area contributed by atoms with Gasteiger partial charge in [-0.1, -0.05) is 56.0 Å². The number of nitrogens with zero attached hydrogens (tertiary/aromatic N) is 2. The van der Waals surface area contributed by atoms with Crippen LogP contribution in [0.2, 0.25) is 0 Å². The molecule has 0 aliphatic heterocycles. The minimum Gasteiger partial charge on any atom is -0.193 e. The minimum absolute atomic E-state index is 0.719. The van der Waals surface area contributed by atoms with Crippen molar-refractivity contribution in [2.75, 3.05) is 0 Å². The molecule has 2 aliphatic carbocycles. The molecule has 30 heavy (non-hydrogen) atoms. The van der Waals surface area contributed by atoms with E-state index in [2.05, 4.69) is 30.4 Å². The maximum atomic E-state index is 8.88. The van der Waals surface area contributed by atoms with Gasteiger partial charge in [0.1, 0.15) is 0 Å². The SMILES string of the molecule is N#C/C=C/C=C/C1CCC([C@H]2CC[C@H](CCCCc3ccc(C#N)cc3)CC2)CC1. The number of allylic oxidation sites excluding steroid dienone is 4. The van der Waals surface area contributed by atoms with Crippen molar-refractivity contribution in [2.45, 2.75) is 77.0 Å². The summed E-state index contributed by atoms with van der Waals surface area (Å²) in [5.74, 6) is 3.61.